The van der Waals surface area contributed by atoms with E-state index in [1.165, 1.54) is 11.0 Å². The second-order valence-electron chi connectivity index (χ2n) is 4.74. The van der Waals surface area contributed by atoms with E-state index in [0.717, 1.165) is 0 Å². The molecule has 0 saturated carbocycles. The summed E-state index contributed by atoms with van der Waals surface area (Å²) in [5.74, 6) is -0.519. The molecule has 0 aliphatic rings. The van der Waals surface area contributed by atoms with Gasteiger partial charge >= 0.3 is 0 Å². The van der Waals surface area contributed by atoms with Crippen molar-refractivity contribution in [2.45, 2.75) is 13.0 Å². The summed E-state index contributed by atoms with van der Waals surface area (Å²) >= 11 is 9.21. The van der Waals surface area contributed by atoms with Gasteiger partial charge in [-0.2, -0.15) is 0 Å². The summed E-state index contributed by atoms with van der Waals surface area (Å²) < 4.78 is 14.5. The van der Waals surface area contributed by atoms with Crippen LogP contribution in [0.2, 0.25) is 5.02 Å². The Balaban J connectivity index is 2.29. The highest BCUT2D eigenvalue weighted by atomic mass is 79.9. The van der Waals surface area contributed by atoms with E-state index in [-0.39, 0.29) is 17.8 Å². The van der Waals surface area contributed by atoms with Crippen LogP contribution in [-0.4, -0.2) is 17.9 Å². The molecule has 110 valence electrons. The third kappa shape index (κ3) is 3.44. The van der Waals surface area contributed by atoms with Crippen LogP contribution in [0, 0.1) is 5.82 Å². The van der Waals surface area contributed by atoms with E-state index in [1.807, 2.05) is 0 Å². The minimum absolute atomic E-state index is 0.200. The molecule has 2 rings (SSSR count). The third-order valence-electron chi connectivity index (χ3n) is 3.42. The van der Waals surface area contributed by atoms with Crippen molar-refractivity contribution in [2.24, 2.45) is 0 Å². The van der Waals surface area contributed by atoms with Crippen LogP contribution in [0.25, 0.3) is 0 Å². The van der Waals surface area contributed by atoms with Gasteiger partial charge in [-0.1, -0.05) is 29.8 Å². The fourth-order valence-electron chi connectivity index (χ4n) is 2.05. The van der Waals surface area contributed by atoms with Crippen LogP contribution in [0.4, 0.5) is 4.39 Å². The van der Waals surface area contributed by atoms with E-state index < -0.39 is 0 Å². The van der Waals surface area contributed by atoms with Crippen molar-refractivity contribution in [3.8, 4) is 0 Å². The molecule has 0 N–H and O–H groups in total. The first kappa shape index (κ1) is 16.0. The van der Waals surface area contributed by atoms with E-state index in [9.17, 15) is 9.18 Å². The molecule has 0 heterocycles. The van der Waals surface area contributed by atoms with Crippen molar-refractivity contribution in [3.63, 3.8) is 0 Å². The van der Waals surface area contributed by atoms with E-state index in [4.69, 9.17) is 11.6 Å². The number of amides is 1. The molecule has 2 nitrogen and oxygen atoms in total. The number of benzene rings is 2. The number of rotatable bonds is 3. The highest BCUT2D eigenvalue weighted by molar-refractivity contribution is 9.10. The van der Waals surface area contributed by atoms with E-state index in [0.29, 0.717) is 20.6 Å². The summed E-state index contributed by atoms with van der Waals surface area (Å²) in [6, 6.07) is 11.1. The Morgan fingerprint density at radius 3 is 2.57 bits per heavy atom. The largest absolute Gasteiger partial charge is 0.335 e. The van der Waals surface area contributed by atoms with Crippen LogP contribution in [0.3, 0.4) is 0 Å². The third-order valence-corrected chi connectivity index (χ3v) is 4.31. The fraction of sp³-hybridized carbons (Fsp3) is 0.188. The van der Waals surface area contributed by atoms with Crippen LogP contribution >= 0.6 is 27.5 Å². The maximum atomic E-state index is 13.8. The maximum Gasteiger partial charge on any atom is 0.255 e. The van der Waals surface area contributed by atoms with Gasteiger partial charge in [0.15, 0.2) is 0 Å². The molecular weight excluding hydrogens is 357 g/mol. The van der Waals surface area contributed by atoms with E-state index in [2.05, 4.69) is 15.9 Å². The Bertz CT molecular complexity index is 677. The molecule has 5 heteroatoms. The predicted octanol–water partition coefficient (Wildman–Crippen LogP) is 5.07. The van der Waals surface area contributed by atoms with Gasteiger partial charge < -0.3 is 4.90 Å². The van der Waals surface area contributed by atoms with Crippen LogP contribution in [-0.2, 0) is 0 Å². The molecular formula is C16H14BrClFNO. The first-order valence-electron chi connectivity index (χ1n) is 6.38. The lowest BCUT2D eigenvalue weighted by Crippen LogP contribution is -2.30. The number of halogens is 3. The summed E-state index contributed by atoms with van der Waals surface area (Å²) in [5, 5.41) is 0.545. The van der Waals surface area contributed by atoms with Crippen LogP contribution < -0.4 is 0 Å². The van der Waals surface area contributed by atoms with Crippen molar-refractivity contribution in [1.29, 1.82) is 0 Å². The zero-order valence-electron chi connectivity index (χ0n) is 11.6. The zero-order chi connectivity index (χ0) is 15.6. The van der Waals surface area contributed by atoms with Crippen LogP contribution in [0.1, 0.15) is 28.9 Å². The van der Waals surface area contributed by atoms with Gasteiger partial charge in [-0.05, 0) is 47.1 Å². The van der Waals surface area contributed by atoms with Crippen LogP contribution in [0.15, 0.2) is 46.9 Å². The Kier molecular flexibility index (Phi) is 5.01. The van der Waals surface area contributed by atoms with Crippen molar-refractivity contribution in [3.05, 3.63) is 68.9 Å². The average molecular weight is 371 g/mol. The molecule has 1 atom stereocenters. The Morgan fingerprint density at radius 1 is 1.29 bits per heavy atom. The lowest BCUT2D eigenvalue weighted by atomic mass is 10.1. The monoisotopic (exact) mass is 369 g/mol. The Hall–Kier alpha value is -1.39. The summed E-state index contributed by atoms with van der Waals surface area (Å²) in [6.45, 7) is 1.79. The minimum Gasteiger partial charge on any atom is -0.335 e. The highest BCUT2D eigenvalue weighted by Crippen LogP contribution is 2.27. The van der Waals surface area contributed by atoms with Gasteiger partial charge in [-0.25, -0.2) is 4.39 Å². The number of hydrogen-bond acceptors (Lipinski definition) is 1. The van der Waals surface area contributed by atoms with Gasteiger partial charge in [0.05, 0.1) is 11.6 Å². The number of nitrogens with zero attached hydrogens (tertiary/aromatic N) is 1. The predicted molar refractivity (Wildman–Crippen MR) is 86.1 cm³/mol. The molecule has 0 fully saturated rings. The number of carbonyl (C=O) groups excluding carboxylic acids is 1. The Morgan fingerprint density at radius 2 is 1.95 bits per heavy atom. The molecule has 0 aliphatic heterocycles. The average Bonchev–Trinajstić information content (AvgIpc) is 2.45. The first-order chi connectivity index (χ1) is 9.91. The molecule has 0 bridgehead atoms. The molecule has 0 radical (unpaired) electrons. The summed E-state index contributed by atoms with van der Waals surface area (Å²) in [5.41, 5.74) is 0.975. The molecule has 0 spiro atoms. The van der Waals surface area contributed by atoms with E-state index in [1.54, 1.807) is 50.4 Å². The van der Waals surface area contributed by atoms with Crippen molar-refractivity contribution < 1.29 is 9.18 Å². The summed E-state index contributed by atoms with van der Waals surface area (Å²) in [7, 11) is 1.65. The van der Waals surface area contributed by atoms with Gasteiger partial charge in [-0.15, -0.1) is 0 Å². The molecule has 0 aromatic heterocycles. The van der Waals surface area contributed by atoms with Gasteiger partial charge in [-0.3, -0.25) is 4.79 Å². The normalized spacial score (nSPS) is 12.0. The molecule has 1 amide bonds. The topological polar surface area (TPSA) is 20.3 Å². The first-order valence-corrected chi connectivity index (χ1v) is 7.55. The summed E-state index contributed by atoms with van der Waals surface area (Å²) in [4.78, 5) is 14.0. The fourth-order valence-corrected chi connectivity index (χ4v) is 2.90. The molecule has 21 heavy (non-hydrogen) atoms. The Labute approximate surface area is 136 Å². The molecule has 0 aliphatic carbocycles. The van der Waals surface area contributed by atoms with Gasteiger partial charge in [0.1, 0.15) is 5.82 Å². The standard InChI is InChI=1S/C16H14BrClFNO/c1-10(12-5-3-4-6-15(12)19)20(2)16(21)13-8-7-11(18)9-14(13)17/h3-10H,1-2H3. The van der Waals surface area contributed by atoms with Gasteiger partial charge in [0.2, 0.25) is 0 Å². The molecule has 1 unspecified atom stereocenters. The zero-order valence-corrected chi connectivity index (χ0v) is 14.0. The lowest BCUT2D eigenvalue weighted by molar-refractivity contribution is 0.0739. The van der Waals surface area contributed by atoms with Crippen molar-refractivity contribution in [2.75, 3.05) is 7.05 Å². The maximum absolute atomic E-state index is 13.8. The van der Waals surface area contributed by atoms with Gasteiger partial charge in [0.25, 0.3) is 5.91 Å². The lowest BCUT2D eigenvalue weighted by Gasteiger charge is -2.26. The minimum atomic E-state index is -0.374. The van der Waals surface area contributed by atoms with Crippen molar-refractivity contribution >= 4 is 33.4 Å². The number of carbonyl (C=O) groups is 1. The molecule has 2 aromatic rings. The number of hydrogen-bond donors (Lipinski definition) is 0. The summed E-state index contributed by atoms with van der Waals surface area (Å²) in [6.07, 6.45) is 0. The van der Waals surface area contributed by atoms with Crippen LogP contribution in [0.5, 0.6) is 0 Å². The van der Waals surface area contributed by atoms with E-state index >= 15 is 0 Å². The smallest absolute Gasteiger partial charge is 0.255 e. The molecule has 2 aromatic carbocycles. The van der Waals surface area contributed by atoms with Crippen molar-refractivity contribution in [1.82, 2.24) is 4.90 Å². The quantitative estimate of drug-likeness (QED) is 0.738. The second-order valence-corrected chi connectivity index (χ2v) is 6.03. The SMILES string of the molecule is CC(c1ccccc1F)N(C)C(=O)c1ccc(Cl)cc1Br. The van der Waals surface area contributed by atoms with Gasteiger partial charge in [0, 0.05) is 22.1 Å². The second kappa shape index (κ2) is 6.58. The highest BCUT2D eigenvalue weighted by Gasteiger charge is 2.22. The molecule has 0 saturated heterocycles.